The van der Waals surface area contributed by atoms with Crippen LogP contribution in [0.1, 0.15) is 33.1 Å². The molecule has 0 N–H and O–H groups in total. The van der Waals surface area contributed by atoms with Crippen LogP contribution in [0.4, 0.5) is 0 Å². The highest BCUT2D eigenvalue weighted by Gasteiger charge is 2.65. The predicted molar refractivity (Wildman–Crippen MR) is 64.3 cm³/mol. The molecule has 0 aromatic carbocycles. The molecule has 0 unspecified atom stereocenters. The van der Waals surface area contributed by atoms with Crippen molar-refractivity contribution in [3.63, 3.8) is 0 Å². The second kappa shape index (κ2) is 3.69. The van der Waals surface area contributed by atoms with Gasteiger partial charge in [-0.25, -0.2) is 0 Å². The van der Waals surface area contributed by atoms with Crippen LogP contribution in [-0.4, -0.2) is 36.6 Å². The molecule has 0 radical (unpaired) electrons. The molecule has 4 fully saturated rings. The van der Waals surface area contributed by atoms with E-state index in [1.165, 1.54) is 19.3 Å². The van der Waals surface area contributed by atoms with Crippen molar-refractivity contribution in [2.75, 3.05) is 13.2 Å². The van der Waals surface area contributed by atoms with E-state index in [-0.39, 0.29) is 0 Å². The Morgan fingerprint density at radius 3 is 2.88 bits per heavy atom. The highest BCUT2D eigenvalue weighted by Crippen LogP contribution is 2.59. The third kappa shape index (κ3) is 1.28. The molecule has 1 aliphatic carbocycles. The van der Waals surface area contributed by atoms with Gasteiger partial charge in [0, 0.05) is 18.4 Å². The van der Waals surface area contributed by atoms with Crippen molar-refractivity contribution in [2.45, 2.75) is 51.7 Å². The van der Waals surface area contributed by atoms with Crippen LogP contribution in [0.2, 0.25) is 0 Å². The lowest BCUT2D eigenvalue weighted by molar-refractivity contribution is -0.175. The van der Waals surface area contributed by atoms with Crippen molar-refractivity contribution < 1.29 is 9.47 Å². The van der Waals surface area contributed by atoms with Crippen molar-refractivity contribution in [1.82, 2.24) is 4.90 Å². The zero-order valence-corrected chi connectivity index (χ0v) is 10.8. The van der Waals surface area contributed by atoms with E-state index in [9.17, 15) is 0 Å². The first-order valence-corrected chi connectivity index (χ1v) is 7.34. The van der Waals surface area contributed by atoms with Crippen LogP contribution < -0.4 is 0 Å². The average molecular weight is 237 g/mol. The SMILES string of the molecule is CCCCN1[C@@H]2OC[C@H]3[C@@H]2C[C@@H]2[C@H]3[C@@H](C)O[C@@H]21. The number of rotatable bonds is 3. The van der Waals surface area contributed by atoms with E-state index >= 15 is 0 Å². The van der Waals surface area contributed by atoms with Crippen LogP contribution in [-0.2, 0) is 9.47 Å². The van der Waals surface area contributed by atoms with Gasteiger partial charge in [-0.2, -0.15) is 0 Å². The molecule has 3 aliphatic heterocycles. The molecule has 3 heterocycles. The Kier molecular flexibility index (Phi) is 2.34. The highest BCUT2D eigenvalue weighted by molar-refractivity contribution is 5.09. The summed E-state index contributed by atoms with van der Waals surface area (Å²) in [5.74, 6) is 3.18. The molecular formula is C14H23NO2. The van der Waals surface area contributed by atoms with E-state index in [4.69, 9.17) is 9.47 Å². The predicted octanol–water partition coefficient (Wildman–Crippen LogP) is 2.07. The molecule has 0 aromatic heterocycles. The summed E-state index contributed by atoms with van der Waals surface area (Å²) in [5, 5.41) is 0. The molecule has 4 aliphatic rings. The normalized spacial score (nSPS) is 55.8. The summed E-state index contributed by atoms with van der Waals surface area (Å²) in [6, 6.07) is 0. The van der Waals surface area contributed by atoms with Gasteiger partial charge in [0.05, 0.1) is 12.7 Å². The Labute approximate surface area is 103 Å². The summed E-state index contributed by atoms with van der Waals surface area (Å²) in [6.07, 6.45) is 5.08. The topological polar surface area (TPSA) is 21.7 Å². The van der Waals surface area contributed by atoms with E-state index < -0.39 is 0 Å². The number of piperidine rings is 1. The second-order valence-electron chi connectivity index (χ2n) is 6.35. The maximum atomic E-state index is 6.25. The minimum absolute atomic E-state index is 0.369. The van der Waals surface area contributed by atoms with Gasteiger partial charge in [0.15, 0.2) is 0 Å². The lowest BCUT2D eigenvalue weighted by Crippen LogP contribution is -2.52. The van der Waals surface area contributed by atoms with Crippen molar-refractivity contribution >= 4 is 0 Å². The smallest absolute Gasteiger partial charge is 0.116 e. The fraction of sp³-hybridized carbons (Fsp3) is 1.00. The van der Waals surface area contributed by atoms with E-state index in [2.05, 4.69) is 18.7 Å². The summed E-state index contributed by atoms with van der Waals surface area (Å²) in [6.45, 7) is 6.68. The molecule has 4 rings (SSSR count). The molecule has 3 saturated heterocycles. The minimum Gasteiger partial charge on any atom is -0.362 e. The maximum Gasteiger partial charge on any atom is 0.116 e. The van der Waals surface area contributed by atoms with E-state index in [1.807, 2.05) is 0 Å². The molecule has 2 bridgehead atoms. The number of hydrogen-bond acceptors (Lipinski definition) is 3. The van der Waals surface area contributed by atoms with Gasteiger partial charge in [0.2, 0.25) is 0 Å². The third-order valence-electron chi connectivity index (χ3n) is 5.59. The monoisotopic (exact) mass is 237 g/mol. The third-order valence-corrected chi connectivity index (χ3v) is 5.59. The number of ether oxygens (including phenoxy) is 2. The summed E-state index contributed by atoms with van der Waals surface area (Å²) < 4.78 is 12.3. The van der Waals surface area contributed by atoms with Crippen LogP contribution in [0.25, 0.3) is 0 Å². The van der Waals surface area contributed by atoms with E-state index in [0.29, 0.717) is 18.6 Å². The van der Waals surface area contributed by atoms with Crippen molar-refractivity contribution in [2.24, 2.45) is 23.7 Å². The number of fused-ring (bicyclic) bond motifs is 1. The fourth-order valence-corrected chi connectivity index (χ4v) is 4.97. The molecule has 7 atom stereocenters. The molecule has 3 heteroatoms. The van der Waals surface area contributed by atoms with Crippen LogP contribution in [0.15, 0.2) is 0 Å². The molecule has 96 valence electrons. The van der Waals surface area contributed by atoms with Crippen molar-refractivity contribution in [3.05, 3.63) is 0 Å². The number of likely N-dealkylation sites (tertiary alicyclic amines) is 1. The first-order valence-electron chi connectivity index (χ1n) is 7.34. The number of nitrogens with zero attached hydrogens (tertiary/aromatic N) is 1. The zero-order chi connectivity index (χ0) is 11.6. The first kappa shape index (κ1) is 10.8. The van der Waals surface area contributed by atoms with Gasteiger partial charge in [0.25, 0.3) is 0 Å². The largest absolute Gasteiger partial charge is 0.362 e. The maximum absolute atomic E-state index is 6.25. The quantitative estimate of drug-likeness (QED) is 0.750. The number of unbranched alkanes of at least 4 members (excludes halogenated alkanes) is 1. The molecule has 0 amide bonds. The molecular weight excluding hydrogens is 214 g/mol. The Bertz CT molecular complexity index is 321. The molecule has 3 nitrogen and oxygen atoms in total. The molecule has 0 spiro atoms. The zero-order valence-electron chi connectivity index (χ0n) is 10.8. The fourth-order valence-electron chi connectivity index (χ4n) is 4.97. The average Bonchev–Trinajstić information content (AvgIpc) is 2.91. The lowest BCUT2D eigenvalue weighted by Gasteiger charge is -2.42. The van der Waals surface area contributed by atoms with Crippen LogP contribution in [0.5, 0.6) is 0 Å². The molecule has 0 aromatic rings. The number of hydrogen-bond donors (Lipinski definition) is 0. The van der Waals surface area contributed by atoms with Gasteiger partial charge < -0.3 is 9.47 Å². The van der Waals surface area contributed by atoms with E-state index in [0.717, 1.165) is 36.8 Å². The minimum atomic E-state index is 0.369. The Hall–Kier alpha value is -0.120. The van der Waals surface area contributed by atoms with Gasteiger partial charge in [0.1, 0.15) is 12.5 Å². The van der Waals surface area contributed by atoms with Crippen LogP contribution in [0.3, 0.4) is 0 Å². The van der Waals surface area contributed by atoms with Gasteiger partial charge >= 0.3 is 0 Å². The summed E-state index contributed by atoms with van der Waals surface area (Å²) in [4.78, 5) is 2.55. The standard InChI is InChI=1S/C14H23NO2/c1-3-4-5-15-13-9-6-10-12(11(9)7-16-13)8(2)17-14(10)15/h8-14H,3-7H2,1-2H3/t8-,9+,10-,11+,12-,13-,14+/m1/s1. The Morgan fingerprint density at radius 1 is 1.18 bits per heavy atom. The van der Waals surface area contributed by atoms with Crippen LogP contribution in [0, 0.1) is 23.7 Å². The van der Waals surface area contributed by atoms with Gasteiger partial charge in [-0.15, -0.1) is 0 Å². The van der Waals surface area contributed by atoms with Gasteiger partial charge in [-0.1, -0.05) is 13.3 Å². The highest BCUT2D eigenvalue weighted by atomic mass is 16.6. The van der Waals surface area contributed by atoms with Gasteiger partial charge in [-0.05, 0) is 31.6 Å². The van der Waals surface area contributed by atoms with Gasteiger partial charge in [-0.3, -0.25) is 4.90 Å². The lowest BCUT2D eigenvalue weighted by atomic mass is 9.87. The van der Waals surface area contributed by atoms with E-state index in [1.54, 1.807) is 0 Å². The second-order valence-corrected chi connectivity index (χ2v) is 6.35. The van der Waals surface area contributed by atoms with Crippen molar-refractivity contribution in [3.8, 4) is 0 Å². The summed E-state index contributed by atoms with van der Waals surface area (Å²) in [7, 11) is 0. The first-order chi connectivity index (χ1) is 8.31. The molecule has 17 heavy (non-hydrogen) atoms. The summed E-state index contributed by atoms with van der Waals surface area (Å²) >= 11 is 0. The Morgan fingerprint density at radius 2 is 2.06 bits per heavy atom. The van der Waals surface area contributed by atoms with Crippen molar-refractivity contribution in [1.29, 1.82) is 0 Å². The van der Waals surface area contributed by atoms with Crippen LogP contribution >= 0.6 is 0 Å². The Balaban J connectivity index is 1.65. The molecule has 1 saturated carbocycles. The summed E-state index contributed by atoms with van der Waals surface area (Å²) in [5.41, 5.74) is 0.